The van der Waals surface area contributed by atoms with E-state index in [1.165, 1.54) is 32.1 Å². The maximum Gasteiger partial charge on any atom is 0.192 e. The Morgan fingerprint density at radius 3 is 2.86 bits per heavy atom. The predicted molar refractivity (Wildman–Crippen MR) is 95.9 cm³/mol. The molecule has 0 bridgehead atoms. The fourth-order valence-corrected chi connectivity index (χ4v) is 4.50. The lowest BCUT2D eigenvalue weighted by Gasteiger charge is -2.57. The molecule has 0 amide bonds. The van der Waals surface area contributed by atoms with Crippen LogP contribution in [0.2, 0.25) is 0 Å². The monoisotopic (exact) mass is 403 g/mol. The van der Waals surface area contributed by atoms with Crippen molar-refractivity contribution in [3.05, 3.63) is 0 Å². The third-order valence-electron chi connectivity index (χ3n) is 5.25. The maximum absolute atomic E-state index is 6.01. The molecule has 118 valence electrons. The number of guanidine groups is 1. The Kier molecular flexibility index (Phi) is 5.78. The fraction of sp³-hybridized carbons (Fsp3) is 0.812. The Labute approximate surface area is 144 Å². The molecule has 1 spiro atoms. The van der Waals surface area contributed by atoms with Crippen LogP contribution in [0.3, 0.4) is 0 Å². The lowest BCUT2D eigenvalue weighted by Crippen LogP contribution is -2.69. The van der Waals surface area contributed by atoms with Crippen LogP contribution < -0.4 is 10.6 Å². The number of aliphatic imine (C=N–C) groups is 1. The minimum absolute atomic E-state index is 0. The van der Waals surface area contributed by atoms with Crippen molar-refractivity contribution in [3.8, 4) is 12.3 Å². The highest BCUT2D eigenvalue weighted by Crippen LogP contribution is 2.60. The normalized spacial score (nSPS) is 32.8. The second-order valence-corrected chi connectivity index (χ2v) is 6.21. The number of terminal acetylenes is 1. The van der Waals surface area contributed by atoms with Gasteiger partial charge in [-0.1, -0.05) is 18.8 Å². The fourth-order valence-electron chi connectivity index (χ4n) is 4.50. The average molecular weight is 403 g/mol. The summed E-state index contributed by atoms with van der Waals surface area (Å²) < 4.78 is 6.01. The first-order chi connectivity index (χ1) is 9.81. The molecule has 0 aromatic heterocycles. The van der Waals surface area contributed by atoms with Gasteiger partial charge >= 0.3 is 0 Å². The van der Waals surface area contributed by atoms with Crippen LogP contribution in [0, 0.1) is 23.7 Å². The number of ether oxygens (including phenoxy) is 1. The third kappa shape index (κ3) is 2.89. The standard InChI is InChI=1S/C16H25N3O.HI/c1-3-10-18-15(17-4-2)19-13-12-7-11-20-14(12)16(13)8-5-6-9-16;/h1,12-14H,4-11H2,2H3,(H2,17,18,19);1H. The quantitative estimate of drug-likeness (QED) is 0.329. The molecule has 3 aliphatic rings. The van der Waals surface area contributed by atoms with Gasteiger partial charge in [-0.3, -0.25) is 0 Å². The number of hydrogen-bond acceptors (Lipinski definition) is 2. The van der Waals surface area contributed by atoms with Crippen molar-refractivity contribution in [2.45, 2.75) is 51.2 Å². The molecule has 3 fully saturated rings. The van der Waals surface area contributed by atoms with E-state index in [-0.39, 0.29) is 24.0 Å². The zero-order valence-corrected chi connectivity index (χ0v) is 15.1. The third-order valence-corrected chi connectivity index (χ3v) is 5.25. The first kappa shape index (κ1) is 16.9. The predicted octanol–water partition coefficient (Wildman–Crippen LogP) is 2.14. The molecule has 5 heteroatoms. The first-order valence-electron chi connectivity index (χ1n) is 7.92. The second-order valence-electron chi connectivity index (χ2n) is 6.21. The molecule has 21 heavy (non-hydrogen) atoms. The summed E-state index contributed by atoms with van der Waals surface area (Å²) in [7, 11) is 0. The van der Waals surface area contributed by atoms with Crippen LogP contribution in [0.15, 0.2) is 4.99 Å². The molecular weight excluding hydrogens is 377 g/mol. The van der Waals surface area contributed by atoms with Crippen molar-refractivity contribution in [1.82, 2.24) is 10.6 Å². The van der Waals surface area contributed by atoms with Gasteiger partial charge in [-0.15, -0.1) is 30.4 Å². The van der Waals surface area contributed by atoms with E-state index in [9.17, 15) is 0 Å². The van der Waals surface area contributed by atoms with Gasteiger partial charge in [0.1, 0.15) is 6.54 Å². The molecule has 2 N–H and O–H groups in total. The lowest BCUT2D eigenvalue weighted by molar-refractivity contribution is -0.125. The van der Waals surface area contributed by atoms with E-state index in [0.717, 1.165) is 19.1 Å². The van der Waals surface area contributed by atoms with Crippen molar-refractivity contribution >= 4 is 29.9 Å². The van der Waals surface area contributed by atoms with E-state index in [1.807, 2.05) is 0 Å². The summed E-state index contributed by atoms with van der Waals surface area (Å²) in [5, 5.41) is 6.96. The summed E-state index contributed by atoms with van der Waals surface area (Å²) in [4.78, 5) is 4.44. The van der Waals surface area contributed by atoms with E-state index < -0.39 is 0 Å². The largest absolute Gasteiger partial charge is 0.377 e. The number of halogens is 1. The van der Waals surface area contributed by atoms with Gasteiger partial charge in [-0.05, 0) is 26.2 Å². The summed E-state index contributed by atoms with van der Waals surface area (Å²) in [6.07, 6.45) is 12.2. The Morgan fingerprint density at radius 1 is 1.43 bits per heavy atom. The zero-order valence-electron chi connectivity index (χ0n) is 12.7. The molecule has 2 aliphatic carbocycles. The zero-order chi connectivity index (χ0) is 14.0. The van der Waals surface area contributed by atoms with E-state index in [1.54, 1.807) is 0 Å². The van der Waals surface area contributed by atoms with Gasteiger partial charge in [-0.2, -0.15) is 0 Å². The molecule has 1 saturated heterocycles. The number of nitrogens with one attached hydrogen (secondary N) is 2. The molecule has 4 nitrogen and oxygen atoms in total. The van der Waals surface area contributed by atoms with Gasteiger partial charge < -0.3 is 15.4 Å². The smallest absolute Gasteiger partial charge is 0.192 e. The van der Waals surface area contributed by atoms with Gasteiger partial charge in [0.15, 0.2) is 5.96 Å². The van der Waals surface area contributed by atoms with Gasteiger partial charge in [0.2, 0.25) is 0 Å². The molecule has 1 heterocycles. The minimum atomic E-state index is 0. The molecule has 0 radical (unpaired) electrons. The molecule has 3 unspecified atom stereocenters. The van der Waals surface area contributed by atoms with E-state index in [2.05, 4.69) is 28.5 Å². The van der Waals surface area contributed by atoms with Crippen LogP contribution in [0.4, 0.5) is 0 Å². The van der Waals surface area contributed by atoms with Crippen molar-refractivity contribution in [1.29, 1.82) is 0 Å². The Bertz CT molecular complexity index is 426. The van der Waals surface area contributed by atoms with E-state index in [4.69, 9.17) is 11.2 Å². The Balaban J connectivity index is 0.00000161. The number of rotatable bonds is 3. The first-order valence-corrected chi connectivity index (χ1v) is 7.92. The molecule has 2 saturated carbocycles. The van der Waals surface area contributed by atoms with Crippen molar-refractivity contribution in [2.75, 3.05) is 19.7 Å². The van der Waals surface area contributed by atoms with Gasteiger partial charge in [0, 0.05) is 30.5 Å². The Morgan fingerprint density at radius 2 is 2.19 bits per heavy atom. The molecule has 3 atom stereocenters. The van der Waals surface area contributed by atoms with Crippen LogP contribution >= 0.6 is 24.0 Å². The van der Waals surface area contributed by atoms with Crippen LogP contribution in [0.1, 0.15) is 39.0 Å². The molecular formula is C16H26IN3O. The van der Waals surface area contributed by atoms with Gasteiger partial charge in [0.25, 0.3) is 0 Å². The number of nitrogens with zero attached hydrogens (tertiary/aromatic N) is 1. The molecule has 1 aliphatic heterocycles. The highest BCUT2D eigenvalue weighted by atomic mass is 127. The SMILES string of the molecule is C#CCN=C(NCC)NC1C2CCOC2C12CCCC2.I. The highest BCUT2D eigenvalue weighted by molar-refractivity contribution is 14.0. The van der Waals surface area contributed by atoms with Gasteiger partial charge in [0.05, 0.1) is 6.10 Å². The summed E-state index contributed by atoms with van der Waals surface area (Å²) in [5.41, 5.74) is 0.355. The van der Waals surface area contributed by atoms with E-state index in [0.29, 0.717) is 30.0 Å². The van der Waals surface area contributed by atoms with Crippen LogP contribution in [-0.2, 0) is 4.74 Å². The summed E-state index contributed by atoms with van der Waals surface area (Å²) in [6, 6.07) is 0.507. The molecule has 0 aromatic rings. The van der Waals surface area contributed by atoms with Crippen LogP contribution in [0.5, 0.6) is 0 Å². The van der Waals surface area contributed by atoms with Crippen LogP contribution in [0.25, 0.3) is 0 Å². The maximum atomic E-state index is 6.01. The van der Waals surface area contributed by atoms with Crippen LogP contribution in [-0.4, -0.2) is 37.8 Å². The lowest BCUT2D eigenvalue weighted by atomic mass is 9.54. The topological polar surface area (TPSA) is 45.7 Å². The van der Waals surface area contributed by atoms with Crippen molar-refractivity contribution < 1.29 is 4.74 Å². The van der Waals surface area contributed by atoms with E-state index >= 15 is 0 Å². The second kappa shape index (κ2) is 7.19. The van der Waals surface area contributed by atoms with Gasteiger partial charge in [-0.25, -0.2) is 4.99 Å². The average Bonchev–Trinajstić information content (AvgIpc) is 3.09. The summed E-state index contributed by atoms with van der Waals surface area (Å²) in [6.45, 7) is 4.30. The highest BCUT2D eigenvalue weighted by Gasteiger charge is 2.65. The number of fused-ring (bicyclic) bond motifs is 2. The molecule has 0 aromatic carbocycles. The van der Waals surface area contributed by atoms with Crippen molar-refractivity contribution in [2.24, 2.45) is 16.3 Å². The minimum Gasteiger partial charge on any atom is -0.377 e. The molecule has 3 rings (SSSR count). The summed E-state index contributed by atoms with van der Waals surface area (Å²) in [5.74, 6) is 4.10. The number of hydrogen-bond donors (Lipinski definition) is 2. The Hall–Kier alpha value is -0.480. The van der Waals surface area contributed by atoms with Crippen molar-refractivity contribution in [3.63, 3.8) is 0 Å². The summed E-state index contributed by atoms with van der Waals surface area (Å²) >= 11 is 0.